The van der Waals surface area contributed by atoms with Crippen molar-refractivity contribution in [3.63, 3.8) is 0 Å². The molecule has 0 radical (unpaired) electrons. The topological polar surface area (TPSA) is 77.4 Å². The zero-order valence-electron chi connectivity index (χ0n) is 11.8. The molecule has 2 fully saturated rings. The zero-order chi connectivity index (χ0) is 14.8. The maximum Gasteiger partial charge on any atom is 0.186 e. The molecule has 0 amide bonds. The van der Waals surface area contributed by atoms with E-state index in [0.717, 1.165) is 5.56 Å². The largest absolute Gasteiger partial charge is 0.387 e. The molecule has 2 aliphatic rings. The Bertz CT molecular complexity index is 451. The Kier molecular flexibility index (Phi) is 4.54. The van der Waals surface area contributed by atoms with Gasteiger partial charge in [0.15, 0.2) is 12.6 Å². The molecule has 2 heterocycles. The van der Waals surface area contributed by atoms with Crippen molar-refractivity contribution in [1.29, 1.82) is 0 Å². The van der Waals surface area contributed by atoms with Gasteiger partial charge in [0.25, 0.3) is 0 Å². The minimum Gasteiger partial charge on any atom is -0.387 e. The van der Waals surface area contributed by atoms with Gasteiger partial charge in [0.05, 0.1) is 6.61 Å². The fourth-order valence-electron chi connectivity index (χ4n) is 2.66. The summed E-state index contributed by atoms with van der Waals surface area (Å²) >= 11 is 0. The molecule has 0 spiro atoms. The van der Waals surface area contributed by atoms with Gasteiger partial charge in [0, 0.05) is 12.2 Å². The van der Waals surface area contributed by atoms with Crippen molar-refractivity contribution >= 4 is 0 Å². The summed E-state index contributed by atoms with van der Waals surface area (Å²) in [5.41, 5.74) is 0.865. The van der Waals surface area contributed by atoms with Crippen LogP contribution in [-0.2, 0) is 18.9 Å². The first-order valence-corrected chi connectivity index (χ1v) is 7.16. The van der Waals surface area contributed by atoms with Gasteiger partial charge in [-0.25, -0.2) is 0 Å². The van der Waals surface area contributed by atoms with E-state index in [-0.39, 0.29) is 6.61 Å². The average molecular weight is 296 g/mol. The molecular formula is C15H20O6. The second-order valence-electron chi connectivity index (χ2n) is 5.16. The lowest BCUT2D eigenvalue weighted by Crippen LogP contribution is -2.62. The number of hydrogen-bond acceptors (Lipinski definition) is 6. The molecule has 21 heavy (non-hydrogen) atoms. The summed E-state index contributed by atoms with van der Waals surface area (Å²) in [5.74, 6) is 0. The minimum atomic E-state index is -1.14. The van der Waals surface area contributed by atoms with Gasteiger partial charge in [-0.3, -0.25) is 0 Å². The summed E-state index contributed by atoms with van der Waals surface area (Å²) in [6.07, 6.45) is -4.74. The van der Waals surface area contributed by atoms with E-state index >= 15 is 0 Å². The summed E-state index contributed by atoms with van der Waals surface area (Å²) in [5, 5.41) is 20.3. The summed E-state index contributed by atoms with van der Waals surface area (Å²) in [6.45, 7) is 2.46. The van der Waals surface area contributed by atoms with Gasteiger partial charge < -0.3 is 29.2 Å². The fraction of sp³-hybridized carbons (Fsp3) is 0.600. The van der Waals surface area contributed by atoms with Crippen molar-refractivity contribution in [2.24, 2.45) is 0 Å². The molecule has 1 unspecified atom stereocenters. The van der Waals surface area contributed by atoms with E-state index in [1.54, 1.807) is 6.92 Å². The summed E-state index contributed by atoms with van der Waals surface area (Å²) < 4.78 is 22.3. The third-order valence-electron chi connectivity index (χ3n) is 3.74. The summed E-state index contributed by atoms with van der Waals surface area (Å²) in [4.78, 5) is 0. The standard InChI is InChI=1S/C15H20O6/c1-2-18-15-12(17)11(16)13-10(20-15)8-19-14(21-13)9-6-4-3-5-7-9/h3-7,10-17H,2,8H2,1H3/t10-,11-,12-,13-,14?,15+/m1/s1. The molecule has 2 N–H and O–H groups in total. The quantitative estimate of drug-likeness (QED) is 0.850. The monoisotopic (exact) mass is 296 g/mol. The van der Waals surface area contributed by atoms with Gasteiger partial charge >= 0.3 is 0 Å². The van der Waals surface area contributed by atoms with Gasteiger partial charge in [-0.1, -0.05) is 30.3 Å². The lowest BCUT2D eigenvalue weighted by Gasteiger charge is -2.46. The average Bonchev–Trinajstić information content (AvgIpc) is 2.53. The van der Waals surface area contributed by atoms with Crippen LogP contribution in [0.15, 0.2) is 30.3 Å². The molecule has 116 valence electrons. The molecule has 0 aliphatic carbocycles. The molecule has 6 heteroatoms. The Morgan fingerprint density at radius 3 is 2.62 bits per heavy atom. The minimum absolute atomic E-state index is 0.275. The van der Waals surface area contributed by atoms with E-state index in [0.29, 0.717) is 6.61 Å². The number of ether oxygens (including phenoxy) is 4. The van der Waals surface area contributed by atoms with Gasteiger partial charge in [-0.2, -0.15) is 0 Å². The third kappa shape index (κ3) is 2.96. The molecule has 2 saturated heterocycles. The highest BCUT2D eigenvalue weighted by Gasteiger charge is 2.49. The Hall–Kier alpha value is -1.02. The van der Waals surface area contributed by atoms with Crippen molar-refractivity contribution < 1.29 is 29.2 Å². The number of hydrogen-bond donors (Lipinski definition) is 2. The lowest BCUT2D eigenvalue weighted by atomic mass is 9.98. The molecule has 1 aromatic rings. The van der Waals surface area contributed by atoms with Crippen LogP contribution in [0.5, 0.6) is 0 Å². The van der Waals surface area contributed by atoms with Crippen molar-refractivity contribution in [2.45, 2.75) is 43.9 Å². The maximum atomic E-state index is 10.2. The fourth-order valence-corrected chi connectivity index (χ4v) is 2.66. The van der Waals surface area contributed by atoms with Crippen LogP contribution in [0.2, 0.25) is 0 Å². The van der Waals surface area contributed by atoms with Crippen LogP contribution >= 0.6 is 0 Å². The first-order valence-electron chi connectivity index (χ1n) is 7.16. The van der Waals surface area contributed by atoms with E-state index in [4.69, 9.17) is 18.9 Å². The third-order valence-corrected chi connectivity index (χ3v) is 3.74. The zero-order valence-corrected chi connectivity index (χ0v) is 11.8. The molecule has 0 aromatic heterocycles. The van der Waals surface area contributed by atoms with Crippen molar-refractivity contribution in [1.82, 2.24) is 0 Å². The predicted molar refractivity (Wildman–Crippen MR) is 72.3 cm³/mol. The number of aliphatic hydroxyl groups is 2. The Morgan fingerprint density at radius 2 is 1.90 bits per heavy atom. The second kappa shape index (κ2) is 6.39. The van der Waals surface area contributed by atoms with E-state index in [1.165, 1.54) is 0 Å². The Balaban J connectivity index is 1.71. The van der Waals surface area contributed by atoms with Gasteiger partial charge in [-0.15, -0.1) is 0 Å². The van der Waals surface area contributed by atoms with E-state index in [2.05, 4.69) is 0 Å². The first kappa shape index (κ1) is 14.9. The highest BCUT2D eigenvalue weighted by atomic mass is 16.8. The molecule has 1 aromatic carbocycles. The van der Waals surface area contributed by atoms with E-state index in [9.17, 15) is 10.2 Å². The smallest absolute Gasteiger partial charge is 0.186 e. The highest BCUT2D eigenvalue weighted by Crippen LogP contribution is 2.34. The van der Waals surface area contributed by atoms with Crippen LogP contribution in [0.25, 0.3) is 0 Å². The molecular weight excluding hydrogens is 276 g/mol. The van der Waals surface area contributed by atoms with E-state index in [1.807, 2.05) is 30.3 Å². The van der Waals surface area contributed by atoms with Gasteiger partial charge in [0.2, 0.25) is 0 Å². The Labute approximate surface area is 123 Å². The molecule has 0 bridgehead atoms. The van der Waals surface area contributed by atoms with Crippen molar-refractivity contribution in [3.8, 4) is 0 Å². The molecule has 3 rings (SSSR count). The van der Waals surface area contributed by atoms with Crippen LogP contribution < -0.4 is 0 Å². The summed E-state index contributed by atoms with van der Waals surface area (Å²) in [7, 11) is 0. The van der Waals surface area contributed by atoms with Crippen molar-refractivity contribution in [2.75, 3.05) is 13.2 Å². The Morgan fingerprint density at radius 1 is 1.14 bits per heavy atom. The number of fused-ring (bicyclic) bond motifs is 1. The molecule has 6 nitrogen and oxygen atoms in total. The van der Waals surface area contributed by atoms with Gasteiger partial charge in [-0.05, 0) is 6.92 Å². The highest BCUT2D eigenvalue weighted by molar-refractivity contribution is 5.16. The lowest BCUT2D eigenvalue weighted by molar-refractivity contribution is -0.360. The van der Waals surface area contributed by atoms with Gasteiger partial charge in [0.1, 0.15) is 24.4 Å². The molecule has 2 aliphatic heterocycles. The predicted octanol–water partition coefficient (Wildman–Crippen LogP) is 0.584. The van der Waals surface area contributed by atoms with Crippen LogP contribution in [0.1, 0.15) is 18.8 Å². The first-order chi connectivity index (χ1) is 10.2. The maximum absolute atomic E-state index is 10.2. The normalized spacial score (nSPS) is 39.8. The second-order valence-corrected chi connectivity index (χ2v) is 5.16. The number of benzene rings is 1. The van der Waals surface area contributed by atoms with Crippen LogP contribution in [-0.4, -0.2) is 54.1 Å². The molecule has 6 atom stereocenters. The summed E-state index contributed by atoms with van der Waals surface area (Å²) in [6, 6.07) is 9.47. The van der Waals surface area contributed by atoms with Crippen LogP contribution in [0.3, 0.4) is 0 Å². The van der Waals surface area contributed by atoms with Crippen LogP contribution in [0, 0.1) is 0 Å². The number of aliphatic hydroxyl groups excluding tert-OH is 2. The van der Waals surface area contributed by atoms with E-state index < -0.39 is 37.0 Å². The SMILES string of the molecule is CCO[C@H]1O[C@@H]2COC(c3ccccc3)O[C@H]2[C@H](O)[C@H]1O. The number of rotatable bonds is 3. The van der Waals surface area contributed by atoms with Crippen LogP contribution in [0.4, 0.5) is 0 Å². The molecule has 0 saturated carbocycles. The van der Waals surface area contributed by atoms with Crippen molar-refractivity contribution in [3.05, 3.63) is 35.9 Å².